The van der Waals surface area contributed by atoms with E-state index in [0.29, 0.717) is 17.7 Å². The number of likely N-dealkylation sites (tertiary alicyclic amines) is 1. The summed E-state index contributed by atoms with van der Waals surface area (Å²) in [6, 6.07) is 3.77. The van der Waals surface area contributed by atoms with Gasteiger partial charge in [0.2, 0.25) is 17.7 Å². The van der Waals surface area contributed by atoms with E-state index in [9.17, 15) is 18.8 Å². The van der Waals surface area contributed by atoms with Crippen LogP contribution >= 0.6 is 11.8 Å². The Morgan fingerprint density at radius 2 is 1.97 bits per heavy atom. The van der Waals surface area contributed by atoms with E-state index >= 15 is 0 Å². The number of carbonyl (C=O) groups is 3. The molecule has 6 nitrogen and oxygen atoms in total. The van der Waals surface area contributed by atoms with Gasteiger partial charge in [-0.3, -0.25) is 24.6 Å². The number of benzene rings is 1. The van der Waals surface area contributed by atoms with Gasteiger partial charge in [0, 0.05) is 23.3 Å². The number of nitrogens with zero attached hydrogens (tertiary/aromatic N) is 1. The van der Waals surface area contributed by atoms with Crippen molar-refractivity contribution in [2.24, 2.45) is 11.8 Å². The second-order valence-corrected chi connectivity index (χ2v) is 9.46. The van der Waals surface area contributed by atoms with Crippen LogP contribution in [0.25, 0.3) is 0 Å². The van der Waals surface area contributed by atoms with Crippen LogP contribution in [0.4, 0.5) is 10.1 Å². The lowest BCUT2D eigenvalue weighted by atomic mass is 9.76. The van der Waals surface area contributed by atoms with Crippen molar-refractivity contribution >= 4 is 35.2 Å². The highest BCUT2D eigenvalue weighted by Crippen LogP contribution is 2.54. The minimum Gasteiger partial charge on any atom is -0.324 e. The van der Waals surface area contributed by atoms with Gasteiger partial charge in [-0.2, -0.15) is 11.8 Å². The van der Waals surface area contributed by atoms with Crippen LogP contribution in [0.5, 0.6) is 0 Å². The van der Waals surface area contributed by atoms with Gasteiger partial charge in [-0.05, 0) is 49.5 Å². The fourth-order valence-electron chi connectivity index (χ4n) is 5.81. The topological polar surface area (TPSA) is 78.5 Å². The lowest BCUT2D eigenvalue weighted by Crippen LogP contribution is -2.54. The minimum absolute atomic E-state index is 0.0738. The summed E-state index contributed by atoms with van der Waals surface area (Å²) >= 11 is 1.66. The Morgan fingerprint density at radius 1 is 1.21 bits per heavy atom. The fraction of sp³-hybridized carbons (Fsp3) is 0.571. The number of halogens is 1. The van der Waals surface area contributed by atoms with Gasteiger partial charge in [-0.15, -0.1) is 0 Å². The molecular weight excluding hydrogens is 393 g/mol. The molecule has 3 amide bonds. The third-order valence-corrected chi connectivity index (χ3v) is 7.68. The molecule has 0 bridgehead atoms. The van der Waals surface area contributed by atoms with E-state index in [4.69, 9.17) is 0 Å². The van der Waals surface area contributed by atoms with Crippen molar-refractivity contribution < 1.29 is 18.8 Å². The van der Waals surface area contributed by atoms with Crippen molar-refractivity contribution in [3.8, 4) is 0 Å². The summed E-state index contributed by atoms with van der Waals surface area (Å²) in [5, 5.41) is 6.16. The number of carbonyl (C=O) groups excluding carboxylic acids is 3. The molecular formula is C21H24FN3O3S. The number of rotatable bonds is 4. The molecule has 1 saturated carbocycles. The average Bonchev–Trinajstić information content (AvgIpc) is 3.43. The van der Waals surface area contributed by atoms with E-state index in [2.05, 4.69) is 10.6 Å². The second-order valence-electron chi connectivity index (χ2n) is 8.47. The quantitative estimate of drug-likeness (QED) is 0.735. The number of imide groups is 1. The van der Waals surface area contributed by atoms with Crippen LogP contribution in [0.15, 0.2) is 18.2 Å². The van der Waals surface area contributed by atoms with Crippen molar-refractivity contribution in [3.63, 3.8) is 0 Å². The monoisotopic (exact) mass is 417 g/mol. The molecule has 5 rings (SSSR count). The van der Waals surface area contributed by atoms with Gasteiger partial charge >= 0.3 is 0 Å². The lowest BCUT2D eigenvalue weighted by molar-refractivity contribution is -0.145. The Morgan fingerprint density at radius 3 is 2.69 bits per heavy atom. The summed E-state index contributed by atoms with van der Waals surface area (Å²) in [6.07, 6.45) is 6.31. The van der Waals surface area contributed by atoms with E-state index in [1.54, 1.807) is 11.8 Å². The zero-order chi connectivity index (χ0) is 20.3. The summed E-state index contributed by atoms with van der Waals surface area (Å²) in [7, 11) is 0. The van der Waals surface area contributed by atoms with E-state index < -0.39 is 23.2 Å². The second kappa shape index (κ2) is 6.80. The largest absolute Gasteiger partial charge is 0.324 e. The molecule has 8 heteroatoms. The maximum Gasteiger partial charge on any atom is 0.250 e. The first-order valence-electron chi connectivity index (χ1n) is 10.2. The summed E-state index contributed by atoms with van der Waals surface area (Å²) in [5.41, 5.74) is -0.433. The number of hydrogen-bond donors (Lipinski definition) is 2. The summed E-state index contributed by atoms with van der Waals surface area (Å²) in [4.78, 5) is 41.7. The number of amides is 3. The molecule has 154 valence electrons. The van der Waals surface area contributed by atoms with Crippen molar-refractivity contribution in [3.05, 3.63) is 29.6 Å². The van der Waals surface area contributed by atoms with Crippen LogP contribution in [0.1, 0.15) is 37.7 Å². The molecule has 3 heterocycles. The molecule has 2 saturated heterocycles. The maximum atomic E-state index is 14.1. The van der Waals surface area contributed by atoms with E-state index in [1.165, 1.54) is 23.1 Å². The Hall–Kier alpha value is -1.93. The highest BCUT2D eigenvalue weighted by Gasteiger charge is 2.70. The number of hydrogen-bond acceptors (Lipinski definition) is 5. The molecule has 1 aromatic rings. The maximum absolute atomic E-state index is 14.1. The predicted molar refractivity (Wildman–Crippen MR) is 108 cm³/mol. The zero-order valence-electron chi connectivity index (χ0n) is 16.2. The first kappa shape index (κ1) is 19.1. The molecule has 0 unspecified atom stereocenters. The highest BCUT2D eigenvalue weighted by atomic mass is 32.2. The molecule has 1 aromatic carbocycles. The Balaban J connectivity index is 1.63. The SMILES string of the molecule is CSCC[C@@H]1N[C@]2(C(=O)Nc3ccc(F)cc32)[C@@H]2C(=O)N(C3CCCC3)C(=O)[C@H]12. The van der Waals surface area contributed by atoms with Crippen LogP contribution in [-0.4, -0.2) is 46.7 Å². The average molecular weight is 418 g/mol. The lowest BCUT2D eigenvalue weighted by Gasteiger charge is -2.31. The molecule has 4 atom stereocenters. The molecule has 0 radical (unpaired) electrons. The molecule has 1 aliphatic carbocycles. The summed E-state index contributed by atoms with van der Waals surface area (Å²) < 4.78 is 14.1. The van der Waals surface area contributed by atoms with Crippen LogP contribution in [0.2, 0.25) is 0 Å². The van der Waals surface area contributed by atoms with Gasteiger partial charge < -0.3 is 5.32 Å². The van der Waals surface area contributed by atoms with Gasteiger partial charge in [0.25, 0.3) is 0 Å². The smallest absolute Gasteiger partial charge is 0.250 e. The fourth-order valence-corrected chi connectivity index (χ4v) is 6.30. The van der Waals surface area contributed by atoms with Gasteiger partial charge in [-0.25, -0.2) is 4.39 Å². The van der Waals surface area contributed by atoms with Gasteiger partial charge in [0.1, 0.15) is 11.4 Å². The predicted octanol–water partition coefficient (Wildman–Crippen LogP) is 2.24. The van der Waals surface area contributed by atoms with E-state index in [0.717, 1.165) is 31.4 Å². The van der Waals surface area contributed by atoms with Crippen LogP contribution in [0, 0.1) is 17.7 Å². The van der Waals surface area contributed by atoms with Crippen molar-refractivity contribution in [1.29, 1.82) is 0 Å². The molecule has 1 spiro atoms. The van der Waals surface area contributed by atoms with Crippen molar-refractivity contribution in [2.45, 2.75) is 49.7 Å². The summed E-state index contributed by atoms with van der Waals surface area (Å²) in [5.74, 6) is -1.89. The normalized spacial score (nSPS) is 33.7. The Kier molecular flexibility index (Phi) is 4.47. The number of fused-ring (bicyclic) bond motifs is 4. The number of thioether (sulfide) groups is 1. The molecule has 2 N–H and O–H groups in total. The van der Waals surface area contributed by atoms with E-state index in [1.807, 2.05) is 6.26 Å². The molecule has 4 aliphatic rings. The minimum atomic E-state index is -1.38. The third kappa shape index (κ3) is 2.54. The zero-order valence-corrected chi connectivity index (χ0v) is 17.1. The first-order valence-corrected chi connectivity index (χ1v) is 11.6. The Labute approximate surface area is 173 Å². The third-order valence-electron chi connectivity index (χ3n) is 7.03. The van der Waals surface area contributed by atoms with Crippen LogP contribution in [0.3, 0.4) is 0 Å². The number of anilines is 1. The summed E-state index contributed by atoms with van der Waals surface area (Å²) in [6.45, 7) is 0. The molecule has 29 heavy (non-hydrogen) atoms. The standard InChI is InChI=1S/C21H24FN3O3S/c1-29-9-8-15-16-17(19(27)25(18(16)26)12-4-2-3-5-12)21(24-15)13-10-11(22)6-7-14(13)23-20(21)28/h6-7,10,12,15-17,24H,2-5,8-9H2,1H3,(H,23,28)/t15-,16+,17-,21-/m0/s1. The molecule has 3 aliphatic heterocycles. The van der Waals surface area contributed by atoms with Gasteiger partial charge in [0.15, 0.2) is 0 Å². The molecule has 0 aromatic heterocycles. The molecule has 3 fully saturated rings. The number of nitrogens with one attached hydrogen (secondary N) is 2. The van der Waals surface area contributed by atoms with Crippen molar-refractivity contribution in [1.82, 2.24) is 10.2 Å². The first-order chi connectivity index (χ1) is 14.0. The highest BCUT2D eigenvalue weighted by molar-refractivity contribution is 7.98. The van der Waals surface area contributed by atoms with Crippen LogP contribution in [-0.2, 0) is 19.9 Å². The van der Waals surface area contributed by atoms with Crippen LogP contribution < -0.4 is 10.6 Å². The Bertz CT molecular complexity index is 903. The van der Waals surface area contributed by atoms with Gasteiger partial charge in [0.05, 0.1) is 11.8 Å². The van der Waals surface area contributed by atoms with E-state index in [-0.39, 0.29) is 29.8 Å². The van der Waals surface area contributed by atoms with Gasteiger partial charge in [-0.1, -0.05) is 12.8 Å². The van der Waals surface area contributed by atoms with Crippen molar-refractivity contribution in [2.75, 3.05) is 17.3 Å².